The highest BCUT2D eigenvalue weighted by Crippen LogP contribution is 2.21. The first-order chi connectivity index (χ1) is 7.97. The van der Waals surface area contributed by atoms with Crippen LogP contribution in [-0.4, -0.2) is 26.2 Å². The molecule has 0 aliphatic carbocycles. The normalized spacial score (nSPS) is 12.1. The number of aromatic nitrogens is 1. The Hall–Kier alpha value is -1.33. The first-order valence-electron chi connectivity index (χ1n) is 5.47. The zero-order chi connectivity index (χ0) is 12.5. The van der Waals surface area contributed by atoms with Gasteiger partial charge in [0.15, 0.2) is 0 Å². The maximum absolute atomic E-state index is 11.0. The molecule has 0 aliphatic heterocycles. The van der Waals surface area contributed by atoms with Crippen LogP contribution in [0.25, 0.3) is 10.9 Å². The minimum absolute atomic E-state index is 0.430. The molecule has 0 saturated heterocycles. The molecule has 2 aromatic rings. The molecule has 4 nitrogen and oxygen atoms in total. The second-order valence-corrected chi connectivity index (χ2v) is 6.06. The van der Waals surface area contributed by atoms with Crippen molar-refractivity contribution in [3.8, 4) is 0 Å². The molecule has 1 aromatic carbocycles. The molecule has 17 heavy (non-hydrogen) atoms. The summed E-state index contributed by atoms with van der Waals surface area (Å²) >= 11 is 0. The third kappa shape index (κ3) is 2.87. The van der Waals surface area contributed by atoms with Gasteiger partial charge in [0.1, 0.15) is 0 Å². The molecule has 2 N–H and O–H groups in total. The molecule has 0 fully saturated rings. The number of hydrogen-bond donors (Lipinski definition) is 2. The van der Waals surface area contributed by atoms with E-state index >= 15 is 0 Å². The Morgan fingerprint density at radius 2 is 2.12 bits per heavy atom. The Morgan fingerprint density at radius 3 is 2.82 bits per heavy atom. The van der Waals surface area contributed by atoms with E-state index in [4.69, 9.17) is 0 Å². The van der Waals surface area contributed by atoms with Crippen LogP contribution in [0, 0.1) is 6.92 Å². The van der Waals surface area contributed by atoms with Gasteiger partial charge in [0.05, 0.1) is 6.26 Å². The first-order valence-corrected chi connectivity index (χ1v) is 7.37. The molecule has 92 valence electrons. The lowest BCUT2D eigenvalue weighted by molar-refractivity contribution is 0.588. The van der Waals surface area contributed by atoms with E-state index in [-0.39, 0.29) is 0 Å². The van der Waals surface area contributed by atoms with Crippen molar-refractivity contribution in [3.05, 3.63) is 35.5 Å². The molecular formula is C12H16N2O2S. The van der Waals surface area contributed by atoms with Crippen molar-refractivity contribution in [2.45, 2.75) is 13.3 Å². The summed E-state index contributed by atoms with van der Waals surface area (Å²) in [5.41, 5.74) is 3.46. The number of hydrogen-bond acceptors (Lipinski definition) is 2. The summed E-state index contributed by atoms with van der Waals surface area (Å²) in [6, 6.07) is 6.12. The van der Waals surface area contributed by atoms with Crippen molar-refractivity contribution < 1.29 is 8.42 Å². The van der Waals surface area contributed by atoms with Crippen LogP contribution in [0.5, 0.6) is 0 Å². The second-order valence-electron chi connectivity index (χ2n) is 4.23. The van der Waals surface area contributed by atoms with Gasteiger partial charge in [0, 0.05) is 23.6 Å². The van der Waals surface area contributed by atoms with E-state index in [2.05, 4.69) is 28.8 Å². The predicted octanol–water partition coefficient (Wildman–Crippen LogP) is 1.57. The fraction of sp³-hybridized carbons (Fsp3) is 0.333. The highest BCUT2D eigenvalue weighted by atomic mass is 32.2. The largest absolute Gasteiger partial charge is 0.361 e. The Kier molecular flexibility index (Phi) is 3.22. The molecule has 5 heteroatoms. The number of aromatic amines is 1. The lowest BCUT2D eigenvalue weighted by Crippen LogP contribution is -2.24. The topological polar surface area (TPSA) is 62.0 Å². The van der Waals surface area contributed by atoms with Crippen LogP contribution in [0.15, 0.2) is 24.4 Å². The molecule has 0 amide bonds. The van der Waals surface area contributed by atoms with Gasteiger partial charge in [0.25, 0.3) is 0 Å². The van der Waals surface area contributed by atoms with E-state index in [0.717, 1.165) is 11.1 Å². The van der Waals surface area contributed by atoms with Gasteiger partial charge in [-0.2, -0.15) is 0 Å². The number of sulfonamides is 1. The Balaban J connectivity index is 2.17. The van der Waals surface area contributed by atoms with Crippen molar-refractivity contribution in [1.82, 2.24) is 9.71 Å². The van der Waals surface area contributed by atoms with Crippen LogP contribution in [0.3, 0.4) is 0 Å². The van der Waals surface area contributed by atoms with Crippen LogP contribution < -0.4 is 4.72 Å². The minimum Gasteiger partial charge on any atom is -0.361 e. The lowest BCUT2D eigenvalue weighted by atomic mass is 10.1. The van der Waals surface area contributed by atoms with E-state index in [1.54, 1.807) is 0 Å². The molecule has 0 atom stereocenters. The van der Waals surface area contributed by atoms with Gasteiger partial charge in [-0.1, -0.05) is 18.2 Å². The molecule has 0 radical (unpaired) electrons. The summed E-state index contributed by atoms with van der Waals surface area (Å²) < 4.78 is 24.4. The number of H-pyrrole nitrogens is 1. The molecule has 0 saturated carbocycles. The summed E-state index contributed by atoms with van der Waals surface area (Å²) in [5.74, 6) is 0. The first kappa shape index (κ1) is 12.1. The smallest absolute Gasteiger partial charge is 0.208 e. The highest BCUT2D eigenvalue weighted by Gasteiger charge is 2.06. The Bertz CT molecular complexity index is 629. The lowest BCUT2D eigenvalue weighted by Gasteiger charge is -2.01. The fourth-order valence-electron chi connectivity index (χ4n) is 1.94. The van der Waals surface area contributed by atoms with Crippen LogP contribution >= 0.6 is 0 Å². The van der Waals surface area contributed by atoms with Crippen molar-refractivity contribution >= 4 is 20.9 Å². The van der Waals surface area contributed by atoms with Gasteiger partial charge in [-0.25, -0.2) is 13.1 Å². The summed E-state index contributed by atoms with van der Waals surface area (Å²) in [6.45, 7) is 2.48. The zero-order valence-electron chi connectivity index (χ0n) is 9.95. The second kappa shape index (κ2) is 4.50. The Morgan fingerprint density at radius 1 is 1.35 bits per heavy atom. The van der Waals surface area contributed by atoms with E-state index in [1.165, 1.54) is 17.2 Å². The monoisotopic (exact) mass is 252 g/mol. The van der Waals surface area contributed by atoms with Gasteiger partial charge in [-0.3, -0.25) is 0 Å². The van der Waals surface area contributed by atoms with E-state index in [0.29, 0.717) is 13.0 Å². The number of rotatable bonds is 4. The van der Waals surface area contributed by atoms with Crippen LogP contribution in [0.2, 0.25) is 0 Å². The summed E-state index contributed by atoms with van der Waals surface area (Å²) in [4.78, 5) is 3.23. The third-order valence-electron chi connectivity index (χ3n) is 2.77. The van der Waals surface area contributed by atoms with E-state index in [1.807, 2.05) is 12.3 Å². The molecule has 0 spiro atoms. The maximum atomic E-state index is 11.0. The standard InChI is InChI=1S/C12H16N2O2S/c1-9-4-3-5-11-10(8-13-12(9)11)6-7-14-17(2,15)16/h3-5,8,13-14H,6-7H2,1-2H3. The molecule has 0 bridgehead atoms. The van der Waals surface area contributed by atoms with Crippen molar-refractivity contribution in [2.75, 3.05) is 12.8 Å². The van der Waals surface area contributed by atoms with Gasteiger partial charge < -0.3 is 4.98 Å². The molecular weight excluding hydrogens is 236 g/mol. The predicted molar refractivity (Wildman–Crippen MR) is 69.6 cm³/mol. The Labute approximate surface area is 101 Å². The van der Waals surface area contributed by atoms with Gasteiger partial charge >= 0.3 is 0 Å². The third-order valence-corrected chi connectivity index (χ3v) is 3.50. The minimum atomic E-state index is -3.10. The van der Waals surface area contributed by atoms with Crippen molar-refractivity contribution in [1.29, 1.82) is 0 Å². The van der Waals surface area contributed by atoms with Crippen LogP contribution in [0.1, 0.15) is 11.1 Å². The SMILES string of the molecule is Cc1cccc2c(CCNS(C)(=O)=O)c[nH]c12. The quantitative estimate of drug-likeness (QED) is 0.867. The van der Waals surface area contributed by atoms with Crippen LogP contribution in [-0.2, 0) is 16.4 Å². The van der Waals surface area contributed by atoms with Crippen LogP contribution in [0.4, 0.5) is 0 Å². The zero-order valence-corrected chi connectivity index (χ0v) is 10.8. The number of fused-ring (bicyclic) bond motifs is 1. The summed E-state index contributed by atoms with van der Waals surface area (Å²) in [6.07, 6.45) is 3.81. The summed E-state index contributed by atoms with van der Waals surface area (Å²) in [7, 11) is -3.10. The van der Waals surface area contributed by atoms with Gasteiger partial charge in [0.2, 0.25) is 10.0 Å². The molecule has 0 unspecified atom stereocenters. The van der Waals surface area contributed by atoms with E-state index in [9.17, 15) is 8.42 Å². The molecule has 0 aliphatic rings. The van der Waals surface area contributed by atoms with Crippen molar-refractivity contribution in [3.63, 3.8) is 0 Å². The summed E-state index contributed by atoms with van der Waals surface area (Å²) in [5, 5.41) is 1.17. The van der Waals surface area contributed by atoms with Crippen molar-refractivity contribution in [2.24, 2.45) is 0 Å². The van der Waals surface area contributed by atoms with Gasteiger partial charge in [-0.15, -0.1) is 0 Å². The maximum Gasteiger partial charge on any atom is 0.208 e. The average Bonchev–Trinajstić information content (AvgIpc) is 2.61. The fourth-order valence-corrected chi connectivity index (χ4v) is 2.41. The number of para-hydroxylation sites is 1. The number of benzene rings is 1. The number of aryl methyl sites for hydroxylation is 1. The van der Waals surface area contributed by atoms with Gasteiger partial charge in [-0.05, 0) is 24.5 Å². The van der Waals surface area contributed by atoms with E-state index < -0.39 is 10.0 Å². The molecule has 1 heterocycles. The molecule has 2 rings (SSSR count). The average molecular weight is 252 g/mol. The molecule has 1 aromatic heterocycles. The highest BCUT2D eigenvalue weighted by molar-refractivity contribution is 7.88. The number of nitrogens with one attached hydrogen (secondary N) is 2.